The van der Waals surface area contributed by atoms with Gasteiger partial charge in [0.15, 0.2) is 5.16 Å². The molecule has 0 amide bonds. The molecule has 3 aromatic heterocycles. The number of hydrogen-bond acceptors (Lipinski definition) is 6. The van der Waals surface area contributed by atoms with Gasteiger partial charge in [-0.25, -0.2) is 4.98 Å². The predicted octanol–water partition coefficient (Wildman–Crippen LogP) is 4.21. The zero-order chi connectivity index (χ0) is 19.3. The molecular weight excluding hydrogens is 378 g/mol. The fraction of sp³-hybridized carbons (Fsp3) is 0.579. The van der Waals surface area contributed by atoms with Crippen LogP contribution < -0.4 is 5.56 Å². The first kappa shape index (κ1) is 18.7. The van der Waals surface area contributed by atoms with Gasteiger partial charge in [-0.05, 0) is 37.7 Å². The molecule has 0 saturated heterocycles. The highest BCUT2D eigenvalue weighted by molar-refractivity contribution is 7.99. The van der Waals surface area contributed by atoms with Crippen LogP contribution in [0.2, 0.25) is 0 Å². The Kier molecular flexibility index (Phi) is 4.88. The van der Waals surface area contributed by atoms with Crippen molar-refractivity contribution in [3.8, 4) is 0 Å². The quantitative estimate of drug-likeness (QED) is 0.660. The summed E-state index contributed by atoms with van der Waals surface area (Å²) in [5.41, 5.74) is 1.22. The summed E-state index contributed by atoms with van der Waals surface area (Å²) in [6.07, 6.45) is 3.20. The second-order valence-electron chi connectivity index (χ2n) is 7.80. The number of thiophene rings is 1. The van der Waals surface area contributed by atoms with E-state index in [4.69, 9.17) is 4.98 Å². The number of fused-ring (bicyclic) bond motifs is 3. The minimum atomic E-state index is -0.0111. The molecule has 1 aliphatic carbocycles. The van der Waals surface area contributed by atoms with E-state index < -0.39 is 0 Å². The van der Waals surface area contributed by atoms with Gasteiger partial charge < -0.3 is 9.55 Å². The van der Waals surface area contributed by atoms with Crippen molar-refractivity contribution in [2.45, 2.75) is 63.3 Å². The monoisotopic (exact) mass is 403 g/mol. The van der Waals surface area contributed by atoms with E-state index in [2.05, 4.69) is 36.0 Å². The van der Waals surface area contributed by atoms with E-state index in [1.807, 2.05) is 18.5 Å². The van der Waals surface area contributed by atoms with Crippen LogP contribution in [0.25, 0.3) is 10.2 Å². The van der Waals surface area contributed by atoms with Crippen LogP contribution in [0.1, 0.15) is 67.4 Å². The van der Waals surface area contributed by atoms with Crippen LogP contribution in [-0.4, -0.2) is 24.7 Å². The minimum absolute atomic E-state index is 0.00432. The third-order valence-electron chi connectivity index (χ3n) is 5.24. The van der Waals surface area contributed by atoms with Crippen LogP contribution in [0.3, 0.4) is 0 Å². The maximum Gasteiger partial charge on any atom is 0.259 e. The zero-order valence-corrected chi connectivity index (χ0v) is 18.0. The summed E-state index contributed by atoms with van der Waals surface area (Å²) >= 11 is 3.27. The summed E-state index contributed by atoms with van der Waals surface area (Å²) in [6.45, 7) is 8.54. The highest BCUT2D eigenvalue weighted by Crippen LogP contribution is 2.37. The molecule has 144 valence electrons. The molecule has 27 heavy (non-hydrogen) atoms. The number of H-pyrrole nitrogens is 1. The highest BCUT2D eigenvalue weighted by atomic mass is 32.2. The van der Waals surface area contributed by atoms with Crippen molar-refractivity contribution in [1.82, 2.24) is 24.7 Å². The van der Waals surface area contributed by atoms with Gasteiger partial charge in [0.25, 0.3) is 5.56 Å². The number of aromatic nitrogens is 5. The molecule has 0 fully saturated rings. The predicted molar refractivity (Wildman–Crippen MR) is 111 cm³/mol. The Morgan fingerprint density at radius 1 is 1.30 bits per heavy atom. The van der Waals surface area contributed by atoms with Crippen LogP contribution in [0.4, 0.5) is 0 Å². The molecule has 0 radical (unpaired) electrons. The second kappa shape index (κ2) is 7.05. The van der Waals surface area contributed by atoms with E-state index in [9.17, 15) is 4.79 Å². The number of aromatic amines is 1. The van der Waals surface area contributed by atoms with Crippen molar-refractivity contribution in [2.24, 2.45) is 13.0 Å². The fourth-order valence-electron chi connectivity index (χ4n) is 3.70. The number of aryl methyl sites for hydroxylation is 1. The Balaban J connectivity index is 1.67. The van der Waals surface area contributed by atoms with Crippen LogP contribution in [0.5, 0.6) is 0 Å². The molecule has 0 aliphatic heterocycles. The number of nitrogens with one attached hydrogen (secondary N) is 1. The Bertz CT molecular complexity index is 1050. The van der Waals surface area contributed by atoms with Gasteiger partial charge in [0, 0.05) is 17.8 Å². The highest BCUT2D eigenvalue weighted by Gasteiger charge is 2.24. The Labute approximate surface area is 166 Å². The lowest BCUT2D eigenvalue weighted by molar-refractivity contribution is 0.509. The van der Waals surface area contributed by atoms with Gasteiger partial charge >= 0.3 is 0 Å². The first-order valence-corrected chi connectivity index (χ1v) is 11.1. The number of hydrogen-bond donors (Lipinski definition) is 1. The average molecular weight is 404 g/mol. The molecule has 1 aliphatic rings. The SMILES string of the molecule is CC1CCc2c(sc3nc(C(C)Sc4nnc(C(C)C)n4C)[nH]c(=O)c23)C1. The topological polar surface area (TPSA) is 76.5 Å². The van der Waals surface area contributed by atoms with Crippen LogP contribution in [-0.2, 0) is 19.9 Å². The van der Waals surface area contributed by atoms with Gasteiger partial charge in [-0.1, -0.05) is 32.5 Å². The number of nitrogens with zero attached hydrogens (tertiary/aromatic N) is 4. The van der Waals surface area contributed by atoms with Gasteiger partial charge in [0.2, 0.25) is 0 Å². The molecule has 0 saturated carbocycles. The summed E-state index contributed by atoms with van der Waals surface area (Å²) in [5.74, 6) is 2.67. The van der Waals surface area contributed by atoms with E-state index in [1.165, 1.54) is 10.4 Å². The lowest BCUT2D eigenvalue weighted by atomic mass is 9.89. The normalized spacial score (nSPS) is 18.2. The number of rotatable bonds is 4. The third-order valence-corrected chi connectivity index (χ3v) is 7.53. The third kappa shape index (κ3) is 3.33. The summed E-state index contributed by atoms with van der Waals surface area (Å²) in [7, 11) is 1.98. The standard InChI is InChI=1S/C19H25N5OS2/c1-9(2)16-22-23-19(24(16)5)26-11(4)15-20-17(25)14-12-7-6-10(3)8-13(12)27-18(14)21-15/h9-11H,6-8H2,1-5H3,(H,20,21,25). The van der Waals surface area contributed by atoms with Crippen molar-refractivity contribution < 1.29 is 0 Å². The van der Waals surface area contributed by atoms with Gasteiger partial charge in [-0.15, -0.1) is 21.5 Å². The molecule has 2 atom stereocenters. The van der Waals surface area contributed by atoms with Gasteiger partial charge in [0.1, 0.15) is 16.5 Å². The molecule has 2 unspecified atom stereocenters. The summed E-state index contributed by atoms with van der Waals surface area (Å²) in [4.78, 5) is 22.9. The average Bonchev–Trinajstić information content (AvgIpc) is 3.15. The molecule has 0 spiro atoms. The molecule has 0 aromatic carbocycles. The molecule has 4 rings (SSSR count). The molecule has 3 heterocycles. The summed E-state index contributed by atoms with van der Waals surface area (Å²) < 4.78 is 2.02. The maximum atomic E-state index is 12.8. The maximum absolute atomic E-state index is 12.8. The van der Waals surface area contributed by atoms with E-state index >= 15 is 0 Å². The number of thioether (sulfide) groups is 1. The first-order chi connectivity index (χ1) is 12.8. The molecular formula is C19H25N5OS2. The largest absolute Gasteiger partial charge is 0.309 e. The summed E-state index contributed by atoms with van der Waals surface area (Å²) in [6, 6.07) is 0. The second-order valence-corrected chi connectivity index (χ2v) is 10.2. The fourth-order valence-corrected chi connectivity index (χ4v) is 5.97. The van der Waals surface area contributed by atoms with Crippen molar-refractivity contribution in [3.05, 3.63) is 32.4 Å². The van der Waals surface area contributed by atoms with Gasteiger partial charge in [-0.2, -0.15) is 0 Å². The Morgan fingerprint density at radius 3 is 2.78 bits per heavy atom. The molecule has 8 heteroatoms. The van der Waals surface area contributed by atoms with Crippen molar-refractivity contribution in [3.63, 3.8) is 0 Å². The Hall–Kier alpha value is -1.67. The van der Waals surface area contributed by atoms with Crippen LogP contribution in [0, 0.1) is 5.92 Å². The zero-order valence-electron chi connectivity index (χ0n) is 16.4. The van der Waals surface area contributed by atoms with E-state index in [1.54, 1.807) is 23.1 Å². The van der Waals surface area contributed by atoms with E-state index in [0.717, 1.165) is 40.5 Å². The first-order valence-electron chi connectivity index (χ1n) is 9.45. The van der Waals surface area contributed by atoms with Crippen molar-refractivity contribution in [2.75, 3.05) is 0 Å². The van der Waals surface area contributed by atoms with Crippen molar-refractivity contribution in [1.29, 1.82) is 0 Å². The lowest BCUT2D eigenvalue weighted by Crippen LogP contribution is -2.15. The molecule has 6 nitrogen and oxygen atoms in total. The van der Waals surface area contributed by atoms with Gasteiger partial charge in [-0.3, -0.25) is 4.79 Å². The van der Waals surface area contributed by atoms with Gasteiger partial charge in [0.05, 0.1) is 10.6 Å². The van der Waals surface area contributed by atoms with Crippen LogP contribution >= 0.6 is 23.1 Å². The Morgan fingerprint density at radius 2 is 2.07 bits per heavy atom. The molecule has 1 N–H and O–H groups in total. The van der Waals surface area contributed by atoms with E-state index in [0.29, 0.717) is 17.7 Å². The van der Waals surface area contributed by atoms with Crippen molar-refractivity contribution >= 4 is 33.3 Å². The summed E-state index contributed by atoms with van der Waals surface area (Å²) in [5, 5.41) is 10.2. The minimum Gasteiger partial charge on any atom is -0.309 e. The smallest absolute Gasteiger partial charge is 0.259 e. The van der Waals surface area contributed by atoms with Crippen LogP contribution in [0.15, 0.2) is 9.95 Å². The molecule has 0 bridgehead atoms. The molecule has 3 aromatic rings. The lowest BCUT2D eigenvalue weighted by Gasteiger charge is -2.17. The van der Waals surface area contributed by atoms with E-state index in [-0.39, 0.29) is 10.8 Å².